The lowest BCUT2D eigenvalue weighted by Crippen LogP contribution is -2.37. The molecule has 0 aliphatic carbocycles. The molecule has 2 rings (SSSR count). The van der Waals surface area contributed by atoms with Gasteiger partial charge in [-0.2, -0.15) is 13.2 Å². The van der Waals surface area contributed by atoms with Crippen LogP contribution in [0, 0.1) is 0 Å². The summed E-state index contributed by atoms with van der Waals surface area (Å²) in [5, 5.41) is 0.318. The van der Waals surface area contributed by atoms with E-state index in [2.05, 4.69) is 20.8 Å². The second-order valence-electron chi connectivity index (χ2n) is 4.22. The fraction of sp³-hybridized carbons (Fsp3) is 0.154. The Labute approximate surface area is 128 Å². The molecule has 0 unspecified atom stereocenters. The minimum atomic E-state index is -4.63. The van der Waals surface area contributed by atoms with Crippen LogP contribution in [0.5, 0.6) is 0 Å². The topological polar surface area (TPSA) is 66.9 Å². The number of nitrogens with one attached hydrogen (secondary N) is 2. The van der Waals surface area contributed by atoms with Crippen molar-refractivity contribution in [2.24, 2.45) is 0 Å². The van der Waals surface area contributed by atoms with E-state index in [-0.39, 0.29) is 6.54 Å². The molecule has 2 N–H and O–H groups in total. The highest BCUT2D eigenvalue weighted by molar-refractivity contribution is 6.29. The van der Waals surface area contributed by atoms with Crippen LogP contribution in [0.25, 0.3) is 0 Å². The van der Waals surface area contributed by atoms with Crippen LogP contribution < -0.4 is 10.9 Å². The lowest BCUT2D eigenvalue weighted by atomic mass is 10.1. The van der Waals surface area contributed by atoms with Gasteiger partial charge in [0, 0.05) is 25.1 Å². The van der Waals surface area contributed by atoms with Crippen molar-refractivity contribution in [2.75, 3.05) is 0 Å². The summed E-state index contributed by atoms with van der Waals surface area (Å²) in [7, 11) is 0. The van der Waals surface area contributed by atoms with Crippen molar-refractivity contribution < 1.29 is 18.0 Å². The average molecular weight is 331 g/mol. The molecule has 1 amide bonds. The number of amides is 1. The zero-order valence-electron chi connectivity index (χ0n) is 11.0. The third kappa shape index (κ3) is 4.15. The number of halogens is 4. The number of nitrogens with zero attached hydrogens (tertiary/aromatic N) is 2. The molecule has 0 fully saturated rings. The first-order valence-corrected chi connectivity index (χ1v) is 6.40. The van der Waals surface area contributed by atoms with Gasteiger partial charge in [-0.15, -0.1) is 0 Å². The minimum absolute atomic E-state index is 0.178. The van der Waals surface area contributed by atoms with E-state index in [9.17, 15) is 18.0 Å². The lowest BCUT2D eigenvalue weighted by Gasteiger charge is -2.12. The Bertz CT molecular complexity index is 661. The number of alkyl halides is 3. The summed E-state index contributed by atoms with van der Waals surface area (Å²) in [5.41, 5.74) is 3.80. The van der Waals surface area contributed by atoms with E-state index in [1.165, 1.54) is 6.20 Å². The number of hydrogen-bond donors (Lipinski definition) is 2. The number of hydrazine groups is 1. The van der Waals surface area contributed by atoms with Crippen molar-refractivity contribution in [3.05, 3.63) is 58.6 Å². The zero-order valence-corrected chi connectivity index (χ0v) is 11.7. The molecule has 0 saturated carbocycles. The third-order valence-corrected chi connectivity index (χ3v) is 2.88. The van der Waals surface area contributed by atoms with Crippen molar-refractivity contribution in [2.45, 2.75) is 12.7 Å². The lowest BCUT2D eigenvalue weighted by molar-refractivity contribution is -0.138. The molecule has 0 saturated heterocycles. The zero-order chi connectivity index (χ0) is 16.2. The van der Waals surface area contributed by atoms with Gasteiger partial charge in [-0.1, -0.05) is 17.7 Å². The minimum Gasteiger partial charge on any atom is -0.287 e. The van der Waals surface area contributed by atoms with E-state index in [1.807, 2.05) is 0 Å². The van der Waals surface area contributed by atoms with Gasteiger partial charge in [0.1, 0.15) is 5.15 Å². The monoisotopic (exact) mass is 330 g/mol. The van der Waals surface area contributed by atoms with Crippen LogP contribution in [0.15, 0.2) is 36.8 Å². The Hall–Kier alpha value is -2.19. The fourth-order valence-electron chi connectivity index (χ4n) is 1.63. The van der Waals surface area contributed by atoms with Crippen LogP contribution >= 0.6 is 11.6 Å². The molecule has 2 aromatic rings. The molecule has 5 nitrogen and oxygen atoms in total. The van der Waals surface area contributed by atoms with Gasteiger partial charge in [-0.25, -0.2) is 10.4 Å². The van der Waals surface area contributed by atoms with Gasteiger partial charge in [0.15, 0.2) is 0 Å². The highest BCUT2D eigenvalue weighted by atomic mass is 35.5. The summed E-state index contributed by atoms with van der Waals surface area (Å²) >= 11 is 5.62. The number of rotatable bonds is 4. The van der Waals surface area contributed by atoms with Crippen LogP contribution in [0.4, 0.5) is 13.2 Å². The van der Waals surface area contributed by atoms with Crippen LogP contribution in [0.3, 0.4) is 0 Å². The molecule has 116 valence electrons. The molecule has 0 aliphatic rings. The van der Waals surface area contributed by atoms with Crippen molar-refractivity contribution in [3.8, 4) is 0 Å². The predicted octanol–water partition coefficient (Wildman–Crippen LogP) is 2.58. The van der Waals surface area contributed by atoms with Gasteiger partial charge in [-0.05, 0) is 17.7 Å². The number of aromatic nitrogens is 2. The Kier molecular flexibility index (Phi) is 4.94. The summed E-state index contributed by atoms with van der Waals surface area (Å²) in [5.74, 6) is -0.928. The largest absolute Gasteiger partial charge is 0.417 e. The van der Waals surface area contributed by atoms with Gasteiger partial charge < -0.3 is 0 Å². The third-order valence-electron chi connectivity index (χ3n) is 2.65. The first-order valence-electron chi connectivity index (χ1n) is 6.03. The van der Waals surface area contributed by atoms with Gasteiger partial charge in [0.2, 0.25) is 0 Å². The Morgan fingerprint density at radius 1 is 1.23 bits per heavy atom. The second-order valence-corrected chi connectivity index (χ2v) is 4.60. The predicted molar refractivity (Wildman–Crippen MR) is 72.8 cm³/mol. The summed E-state index contributed by atoms with van der Waals surface area (Å²) in [6.45, 7) is 0.178. The van der Waals surface area contributed by atoms with E-state index in [4.69, 9.17) is 11.6 Å². The standard InChI is InChI=1S/C13H10ClF3N4O/c14-11-2-1-8(5-19-11)6-20-21-12(22)9-7-18-4-3-10(9)13(15,16)17/h1-5,7,20H,6H2,(H,21,22). The normalized spacial score (nSPS) is 11.3. The number of pyridine rings is 2. The highest BCUT2D eigenvalue weighted by Crippen LogP contribution is 2.31. The Balaban J connectivity index is 2.00. The van der Waals surface area contributed by atoms with Gasteiger partial charge >= 0.3 is 6.18 Å². The molecule has 2 aromatic heterocycles. The van der Waals surface area contributed by atoms with Crippen molar-refractivity contribution in [1.82, 2.24) is 20.8 Å². The maximum Gasteiger partial charge on any atom is 0.417 e. The fourth-order valence-corrected chi connectivity index (χ4v) is 1.74. The van der Waals surface area contributed by atoms with E-state index < -0.39 is 23.2 Å². The second kappa shape index (κ2) is 6.71. The Morgan fingerprint density at radius 2 is 2.00 bits per heavy atom. The summed E-state index contributed by atoms with van der Waals surface area (Å²) < 4.78 is 38.4. The molecule has 0 bridgehead atoms. The maximum absolute atomic E-state index is 12.8. The number of carbonyl (C=O) groups excluding carboxylic acids is 1. The number of hydrogen-bond acceptors (Lipinski definition) is 4. The van der Waals surface area contributed by atoms with Crippen LogP contribution in [-0.4, -0.2) is 15.9 Å². The van der Waals surface area contributed by atoms with Crippen LogP contribution in [0.2, 0.25) is 5.15 Å². The maximum atomic E-state index is 12.8. The van der Waals surface area contributed by atoms with Crippen LogP contribution in [0.1, 0.15) is 21.5 Å². The van der Waals surface area contributed by atoms with E-state index in [0.29, 0.717) is 10.7 Å². The molecule has 9 heteroatoms. The molecule has 0 aliphatic heterocycles. The summed E-state index contributed by atoms with van der Waals surface area (Å²) in [4.78, 5) is 19.2. The first-order chi connectivity index (χ1) is 10.4. The quantitative estimate of drug-likeness (QED) is 0.668. The van der Waals surface area contributed by atoms with Gasteiger partial charge in [0.25, 0.3) is 5.91 Å². The first kappa shape index (κ1) is 16.2. The Morgan fingerprint density at radius 3 is 2.64 bits per heavy atom. The summed E-state index contributed by atoms with van der Waals surface area (Å²) in [6.07, 6.45) is -1.31. The molecule has 0 spiro atoms. The van der Waals surface area contributed by atoms with Crippen LogP contribution in [-0.2, 0) is 12.7 Å². The molecule has 0 atom stereocenters. The van der Waals surface area contributed by atoms with Crippen molar-refractivity contribution in [1.29, 1.82) is 0 Å². The van der Waals surface area contributed by atoms with Gasteiger partial charge in [-0.3, -0.25) is 15.2 Å². The highest BCUT2D eigenvalue weighted by Gasteiger charge is 2.35. The van der Waals surface area contributed by atoms with Crippen molar-refractivity contribution >= 4 is 17.5 Å². The van der Waals surface area contributed by atoms with Gasteiger partial charge in [0.05, 0.1) is 11.1 Å². The molecular weight excluding hydrogens is 321 g/mol. The molecular formula is C13H10ClF3N4O. The number of carbonyl (C=O) groups is 1. The summed E-state index contributed by atoms with van der Waals surface area (Å²) in [6, 6.07) is 3.97. The molecule has 0 radical (unpaired) electrons. The molecule has 0 aromatic carbocycles. The molecule has 2 heterocycles. The average Bonchev–Trinajstić information content (AvgIpc) is 2.48. The van der Waals surface area contributed by atoms with E-state index in [0.717, 1.165) is 18.5 Å². The van der Waals surface area contributed by atoms with Crippen molar-refractivity contribution in [3.63, 3.8) is 0 Å². The van der Waals surface area contributed by atoms with E-state index in [1.54, 1.807) is 12.1 Å². The smallest absolute Gasteiger partial charge is 0.287 e. The SMILES string of the molecule is O=C(NNCc1ccc(Cl)nc1)c1cnccc1C(F)(F)F. The van der Waals surface area contributed by atoms with E-state index >= 15 is 0 Å². The molecule has 22 heavy (non-hydrogen) atoms.